The minimum atomic E-state index is -0.420. The van der Waals surface area contributed by atoms with Crippen LogP contribution in [0.15, 0.2) is 18.2 Å². The quantitative estimate of drug-likeness (QED) is 0.228. The van der Waals surface area contributed by atoms with Crippen molar-refractivity contribution < 1.29 is 24.5 Å². The molecule has 0 aliphatic carbocycles. The molecule has 3 rings (SSSR count). The zero-order chi connectivity index (χ0) is 25.2. The van der Waals surface area contributed by atoms with Crippen LogP contribution < -0.4 is 21.7 Å². The molecular weight excluding hydrogens is 428 g/mol. The number of hydrogen-bond donors (Lipinski definition) is 5. The van der Waals surface area contributed by atoms with Gasteiger partial charge in [0.15, 0.2) is 0 Å². The number of fused-ring (bicyclic) bond motifs is 1. The van der Waals surface area contributed by atoms with Gasteiger partial charge < -0.3 is 25.2 Å². The van der Waals surface area contributed by atoms with Crippen LogP contribution in [0.1, 0.15) is 45.2 Å². The number of β-amino-alcohol motifs (C(OH)–C–C–N with tert-alkyl or cyclic N) is 1. The molecule has 0 spiro atoms. The van der Waals surface area contributed by atoms with Crippen LogP contribution in [0.2, 0.25) is 0 Å². The molecular formula is C22H38N6O5. The lowest BCUT2D eigenvalue weighted by Gasteiger charge is -2.22. The van der Waals surface area contributed by atoms with Crippen LogP contribution in [0.5, 0.6) is 5.88 Å². The number of ether oxygens (including phenoxy) is 1. The number of hydrogen-bond acceptors (Lipinski definition) is 8. The number of carbonyl (C=O) groups is 2. The zero-order valence-electron chi connectivity index (χ0n) is 20.1. The second-order valence-electron chi connectivity index (χ2n) is 8.95. The molecule has 1 aromatic carbocycles. The predicted molar refractivity (Wildman–Crippen MR) is 126 cm³/mol. The van der Waals surface area contributed by atoms with Crippen molar-refractivity contribution in [1.29, 1.82) is 0 Å². The SMILES string of the molecule is CC(C)(C)CC(=O)N1CCC(O)C1.COc1nn(C)c2ccc(C(CO)NC=O)cc12.NN. The molecule has 1 aromatic heterocycles. The maximum Gasteiger partial charge on any atom is 0.240 e. The first-order chi connectivity index (χ1) is 15.6. The van der Waals surface area contributed by atoms with E-state index in [4.69, 9.17) is 4.74 Å². The highest BCUT2D eigenvalue weighted by atomic mass is 16.5. The number of methoxy groups -OCH3 is 1. The number of rotatable bonds is 6. The molecule has 2 aromatic rings. The predicted octanol–water partition coefficient (Wildman–Crippen LogP) is 0.196. The lowest BCUT2D eigenvalue weighted by molar-refractivity contribution is -0.132. The molecule has 1 fully saturated rings. The highest BCUT2D eigenvalue weighted by molar-refractivity contribution is 5.85. The van der Waals surface area contributed by atoms with Crippen LogP contribution >= 0.6 is 0 Å². The minimum absolute atomic E-state index is 0.0463. The second-order valence-corrected chi connectivity index (χ2v) is 8.95. The van der Waals surface area contributed by atoms with Crippen molar-refractivity contribution >= 4 is 23.2 Å². The second kappa shape index (κ2) is 13.1. The van der Waals surface area contributed by atoms with Crippen molar-refractivity contribution in [2.45, 2.75) is 45.8 Å². The number of aromatic nitrogens is 2. The standard InChI is InChI=1S/C12H15N3O3.C10H19NO2.H4N2/c1-15-11-4-3-8(10(6-16)13-7-17)5-9(11)12(14-15)18-2;1-10(2,3)6-9(13)11-5-4-8(12)7-11;1-2/h3-5,7,10,16H,6H2,1-2H3,(H,13,17);8,12H,4-7H2,1-3H3;1-2H2. The molecule has 11 nitrogen and oxygen atoms in total. The Bertz CT molecular complexity index is 895. The van der Waals surface area contributed by atoms with Crippen LogP contribution in [0.25, 0.3) is 10.9 Å². The number of hydrazine groups is 1. The highest BCUT2D eigenvalue weighted by Crippen LogP contribution is 2.27. The summed E-state index contributed by atoms with van der Waals surface area (Å²) in [5.74, 6) is 8.70. The summed E-state index contributed by atoms with van der Waals surface area (Å²) in [6, 6.07) is 5.17. The molecule has 2 unspecified atom stereocenters. The van der Waals surface area contributed by atoms with Gasteiger partial charge in [-0.15, -0.1) is 5.10 Å². The summed E-state index contributed by atoms with van der Waals surface area (Å²) in [5.41, 5.74) is 1.78. The monoisotopic (exact) mass is 466 g/mol. The summed E-state index contributed by atoms with van der Waals surface area (Å²) in [5, 5.41) is 26.1. The molecule has 0 bridgehead atoms. The molecule has 1 aliphatic heterocycles. The largest absolute Gasteiger partial charge is 0.479 e. The summed E-state index contributed by atoms with van der Waals surface area (Å²) < 4.78 is 6.91. The fraction of sp³-hybridized carbons (Fsp3) is 0.591. The Kier molecular flexibility index (Phi) is 11.2. The van der Waals surface area contributed by atoms with Gasteiger partial charge in [0.2, 0.25) is 18.2 Å². The van der Waals surface area contributed by atoms with Gasteiger partial charge >= 0.3 is 0 Å². The van der Waals surface area contributed by atoms with Gasteiger partial charge in [0, 0.05) is 26.6 Å². The van der Waals surface area contributed by atoms with Gasteiger partial charge in [0.25, 0.3) is 0 Å². The molecule has 1 aliphatic rings. The van der Waals surface area contributed by atoms with Crippen molar-refractivity contribution in [3.05, 3.63) is 23.8 Å². The summed E-state index contributed by atoms with van der Waals surface area (Å²) in [4.78, 5) is 23.9. The van der Waals surface area contributed by atoms with Gasteiger partial charge in [-0.25, -0.2) is 0 Å². The van der Waals surface area contributed by atoms with Crippen LogP contribution in [0.3, 0.4) is 0 Å². The molecule has 2 atom stereocenters. The number of nitrogens with zero attached hydrogens (tertiary/aromatic N) is 3. The fourth-order valence-corrected chi connectivity index (χ4v) is 3.49. The molecule has 33 heavy (non-hydrogen) atoms. The molecule has 11 heteroatoms. The molecule has 7 N–H and O–H groups in total. The summed E-state index contributed by atoms with van der Waals surface area (Å²) in [6.45, 7) is 7.24. The summed E-state index contributed by atoms with van der Waals surface area (Å²) in [6.07, 6.45) is 1.57. The van der Waals surface area contributed by atoms with E-state index in [-0.39, 0.29) is 24.0 Å². The summed E-state index contributed by atoms with van der Waals surface area (Å²) in [7, 11) is 3.39. The first-order valence-electron chi connectivity index (χ1n) is 10.7. The number of aliphatic hydroxyl groups is 2. The van der Waals surface area contributed by atoms with E-state index in [2.05, 4.69) is 42.9 Å². The maximum absolute atomic E-state index is 11.6. The fourth-order valence-electron chi connectivity index (χ4n) is 3.49. The Hall–Kier alpha value is -2.73. The van der Waals surface area contributed by atoms with E-state index in [1.165, 1.54) is 0 Å². The van der Waals surface area contributed by atoms with Crippen molar-refractivity contribution in [2.24, 2.45) is 24.1 Å². The molecule has 0 saturated carbocycles. The third-order valence-corrected chi connectivity index (χ3v) is 5.09. The Labute approximate surface area is 194 Å². The van der Waals surface area contributed by atoms with Gasteiger partial charge in [-0.3, -0.25) is 26.0 Å². The van der Waals surface area contributed by atoms with Crippen LogP contribution in [-0.4, -0.2) is 70.1 Å². The number of amides is 2. The van der Waals surface area contributed by atoms with Crippen molar-refractivity contribution in [3.8, 4) is 5.88 Å². The smallest absolute Gasteiger partial charge is 0.240 e. The average Bonchev–Trinajstić information content (AvgIpc) is 3.35. The van der Waals surface area contributed by atoms with E-state index in [9.17, 15) is 19.8 Å². The third-order valence-electron chi connectivity index (χ3n) is 5.09. The van der Waals surface area contributed by atoms with Crippen LogP contribution in [0, 0.1) is 5.41 Å². The van der Waals surface area contributed by atoms with Gasteiger partial charge in [0.1, 0.15) is 0 Å². The summed E-state index contributed by atoms with van der Waals surface area (Å²) >= 11 is 0. The van der Waals surface area contributed by atoms with Gasteiger partial charge in [-0.05, 0) is 29.5 Å². The molecule has 1 saturated heterocycles. The first-order valence-corrected chi connectivity index (χ1v) is 10.7. The van der Waals surface area contributed by atoms with E-state index < -0.39 is 6.04 Å². The van der Waals surface area contributed by atoms with Crippen molar-refractivity contribution in [3.63, 3.8) is 0 Å². The zero-order valence-corrected chi connectivity index (χ0v) is 20.1. The lowest BCUT2D eigenvalue weighted by Crippen LogP contribution is -2.32. The number of aliphatic hydroxyl groups excluding tert-OH is 2. The Morgan fingerprint density at radius 1 is 1.39 bits per heavy atom. The number of carbonyl (C=O) groups excluding carboxylic acids is 2. The first kappa shape index (κ1) is 28.3. The number of aryl methyl sites for hydroxylation is 1. The molecule has 0 radical (unpaired) electrons. The third kappa shape index (κ3) is 8.28. The molecule has 2 amide bonds. The van der Waals surface area contributed by atoms with Crippen molar-refractivity contribution in [1.82, 2.24) is 20.0 Å². The van der Waals surface area contributed by atoms with Gasteiger partial charge in [-0.2, -0.15) is 0 Å². The van der Waals surface area contributed by atoms with E-state index in [1.807, 2.05) is 25.2 Å². The number of benzene rings is 1. The van der Waals surface area contributed by atoms with E-state index in [0.29, 0.717) is 25.3 Å². The van der Waals surface area contributed by atoms with E-state index in [0.717, 1.165) is 29.4 Å². The van der Waals surface area contributed by atoms with Gasteiger partial charge in [-0.1, -0.05) is 26.8 Å². The molecule has 2 heterocycles. The molecule has 186 valence electrons. The van der Waals surface area contributed by atoms with Crippen molar-refractivity contribution in [2.75, 3.05) is 26.8 Å². The Balaban J connectivity index is 0.000000322. The van der Waals surface area contributed by atoms with E-state index in [1.54, 1.807) is 16.7 Å². The maximum atomic E-state index is 11.6. The van der Waals surface area contributed by atoms with Gasteiger partial charge in [0.05, 0.1) is 36.8 Å². The van der Waals surface area contributed by atoms with Crippen LogP contribution in [-0.2, 0) is 16.6 Å². The average molecular weight is 467 g/mol. The van der Waals surface area contributed by atoms with Crippen LogP contribution in [0.4, 0.5) is 0 Å². The lowest BCUT2D eigenvalue weighted by atomic mass is 9.92. The topological polar surface area (TPSA) is 169 Å². The number of nitrogens with two attached hydrogens (primary N) is 2. The Morgan fingerprint density at radius 3 is 2.55 bits per heavy atom. The minimum Gasteiger partial charge on any atom is -0.479 e. The highest BCUT2D eigenvalue weighted by Gasteiger charge is 2.27. The van der Waals surface area contributed by atoms with E-state index >= 15 is 0 Å². The normalized spacial score (nSPS) is 16.3. The Morgan fingerprint density at radius 2 is 2.06 bits per heavy atom. The number of nitrogens with one attached hydrogen (secondary N) is 1. The number of likely N-dealkylation sites (tertiary alicyclic amines) is 1.